The number of benzene rings is 2. The molecule has 2 heterocycles. The minimum absolute atomic E-state index is 0.0361. The van der Waals surface area contributed by atoms with Gasteiger partial charge in [0.1, 0.15) is 5.75 Å². The van der Waals surface area contributed by atoms with Gasteiger partial charge in [-0.15, -0.1) is 0 Å². The number of carbonyl (C=O) groups excluding carboxylic acids is 1. The summed E-state index contributed by atoms with van der Waals surface area (Å²) in [6.45, 7) is 2.78. The zero-order valence-electron chi connectivity index (χ0n) is 16.8. The molecule has 1 N–H and O–H groups in total. The van der Waals surface area contributed by atoms with Crippen LogP contribution in [0.5, 0.6) is 5.75 Å². The van der Waals surface area contributed by atoms with Crippen molar-refractivity contribution in [2.75, 3.05) is 32.2 Å². The summed E-state index contributed by atoms with van der Waals surface area (Å²) in [5.41, 5.74) is 4.54. The van der Waals surface area contributed by atoms with Crippen LogP contribution in [-0.4, -0.2) is 49.3 Å². The first-order chi connectivity index (χ1) is 13.6. The van der Waals surface area contributed by atoms with Gasteiger partial charge in [-0.3, -0.25) is 4.79 Å². The molecule has 1 saturated heterocycles. The summed E-state index contributed by atoms with van der Waals surface area (Å²) in [6, 6.07) is 14.6. The van der Waals surface area contributed by atoms with Gasteiger partial charge in [-0.25, -0.2) is 0 Å². The molecule has 3 atom stereocenters. The lowest BCUT2D eigenvalue weighted by Crippen LogP contribution is -2.48. The zero-order valence-corrected chi connectivity index (χ0v) is 16.8. The third kappa shape index (κ3) is 2.94. The summed E-state index contributed by atoms with van der Waals surface area (Å²) < 4.78 is 5.27. The number of methoxy groups -OCH3 is 1. The standard InChI is InChI=1S/C23H28N2O3/c1-4-22(27)25-12-11-18-21(14-26)24(2)20-10-7-16(13-19(20)23(18)25)15-5-8-17(28-3)9-6-15/h5-10,13,18,21,23,26H,4,11-12,14H2,1-3H3/t18-,21+,23-/m1/s1. The van der Waals surface area contributed by atoms with Gasteiger partial charge in [-0.05, 0) is 47.4 Å². The van der Waals surface area contributed by atoms with E-state index in [2.05, 4.69) is 35.2 Å². The SMILES string of the molecule is CCC(=O)N1CC[C@H]2[C@@H]1c1cc(-c3ccc(OC)cc3)ccc1N(C)[C@H]2CO. The Morgan fingerprint density at radius 2 is 1.89 bits per heavy atom. The molecule has 28 heavy (non-hydrogen) atoms. The molecule has 4 rings (SSSR count). The van der Waals surface area contributed by atoms with E-state index in [4.69, 9.17) is 4.74 Å². The van der Waals surface area contributed by atoms with E-state index in [1.165, 1.54) is 5.56 Å². The number of carbonyl (C=O) groups is 1. The van der Waals surface area contributed by atoms with E-state index in [1.54, 1.807) is 7.11 Å². The Kier molecular flexibility index (Phi) is 5.02. The van der Waals surface area contributed by atoms with Crippen LogP contribution in [0.4, 0.5) is 5.69 Å². The fourth-order valence-electron chi connectivity index (χ4n) is 4.90. The molecule has 0 bridgehead atoms. The molecule has 5 nitrogen and oxygen atoms in total. The second-order valence-electron chi connectivity index (χ2n) is 7.70. The summed E-state index contributed by atoms with van der Waals surface area (Å²) in [4.78, 5) is 16.8. The molecular formula is C23H28N2O3. The average Bonchev–Trinajstić information content (AvgIpc) is 3.18. The van der Waals surface area contributed by atoms with Crippen molar-refractivity contribution >= 4 is 11.6 Å². The number of likely N-dealkylation sites (N-methyl/N-ethyl adjacent to an activating group) is 1. The monoisotopic (exact) mass is 380 g/mol. The predicted molar refractivity (Wildman–Crippen MR) is 111 cm³/mol. The average molecular weight is 380 g/mol. The smallest absolute Gasteiger partial charge is 0.222 e. The van der Waals surface area contributed by atoms with E-state index in [1.807, 2.05) is 31.0 Å². The predicted octanol–water partition coefficient (Wildman–Crippen LogP) is 3.47. The second kappa shape index (κ2) is 7.47. The fourth-order valence-corrected chi connectivity index (χ4v) is 4.90. The summed E-state index contributed by atoms with van der Waals surface area (Å²) in [7, 11) is 3.72. The highest BCUT2D eigenvalue weighted by molar-refractivity contribution is 5.78. The van der Waals surface area contributed by atoms with Gasteiger partial charge in [0, 0.05) is 31.6 Å². The molecule has 1 fully saturated rings. The maximum atomic E-state index is 12.6. The van der Waals surface area contributed by atoms with E-state index in [-0.39, 0.29) is 30.5 Å². The molecule has 0 aliphatic carbocycles. The van der Waals surface area contributed by atoms with Crippen molar-refractivity contribution in [2.45, 2.75) is 31.8 Å². The number of fused-ring (bicyclic) bond motifs is 3. The summed E-state index contributed by atoms with van der Waals surface area (Å²) in [6.07, 6.45) is 1.44. The van der Waals surface area contributed by atoms with Gasteiger partial charge in [0.25, 0.3) is 0 Å². The number of hydrogen-bond acceptors (Lipinski definition) is 4. The first kappa shape index (κ1) is 18.8. The molecule has 2 aliphatic heterocycles. The second-order valence-corrected chi connectivity index (χ2v) is 7.70. The van der Waals surface area contributed by atoms with E-state index >= 15 is 0 Å². The van der Waals surface area contributed by atoms with Crippen LogP contribution in [0.3, 0.4) is 0 Å². The summed E-state index contributed by atoms with van der Waals surface area (Å²) in [5.74, 6) is 1.28. The lowest BCUT2D eigenvalue weighted by Gasteiger charge is -2.44. The highest BCUT2D eigenvalue weighted by Crippen LogP contribution is 2.49. The highest BCUT2D eigenvalue weighted by atomic mass is 16.5. The van der Waals surface area contributed by atoms with Gasteiger partial charge in [-0.1, -0.05) is 25.1 Å². The number of ether oxygens (including phenoxy) is 1. The molecule has 148 valence electrons. The normalized spacial score (nSPS) is 23.4. The van der Waals surface area contributed by atoms with Crippen LogP contribution in [-0.2, 0) is 4.79 Å². The van der Waals surface area contributed by atoms with Gasteiger partial charge >= 0.3 is 0 Å². The number of aliphatic hydroxyl groups is 1. The van der Waals surface area contributed by atoms with Crippen LogP contribution < -0.4 is 9.64 Å². The first-order valence-electron chi connectivity index (χ1n) is 10.0. The third-order valence-corrected chi connectivity index (χ3v) is 6.40. The van der Waals surface area contributed by atoms with Crippen LogP contribution >= 0.6 is 0 Å². The van der Waals surface area contributed by atoms with Gasteiger partial charge < -0.3 is 19.6 Å². The quantitative estimate of drug-likeness (QED) is 0.882. The van der Waals surface area contributed by atoms with Crippen molar-refractivity contribution in [2.24, 2.45) is 5.92 Å². The van der Waals surface area contributed by atoms with Crippen molar-refractivity contribution in [3.8, 4) is 16.9 Å². The van der Waals surface area contributed by atoms with E-state index in [0.29, 0.717) is 6.42 Å². The molecule has 2 aliphatic rings. The first-order valence-corrected chi connectivity index (χ1v) is 10.0. The number of likely N-dealkylation sites (tertiary alicyclic amines) is 1. The Labute approximate surface area is 166 Å². The van der Waals surface area contributed by atoms with Gasteiger partial charge in [0.2, 0.25) is 5.91 Å². The number of rotatable bonds is 4. The Hall–Kier alpha value is -2.53. The van der Waals surface area contributed by atoms with Crippen molar-refractivity contribution in [1.29, 1.82) is 0 Å². The third-order valence-electron chi connectivity index (χ3n) is 6.40. The molecule has 5 heteroatoms. The molecular weight excluding hydrogens is 352 g/mol. The molecule has 0 spiro atoms. The van der Waals surface area contributed by atoms with Crippen LogP contribution in [0.15, 0.2) is 42.5 Å². The number of nitrogens with zero attached hydrogens (tertiary/aromatic N) is 2. The number of amides is 1. The summed E-state index contributed by atoms with van der Waals surface area (Å²) in [5, 5.41) is 10.0. The molecule has 0 radical (unpaired) electrons. The van der Waals surface area contributed by atoms with Crippen molar-refractivity contribution in [3.63, 3.8) is 0 Å². The summed E-state index contributed by atoms with van der Waals surface area (Å²) >= 11 is 0. The lowest BCUT2D eigenvalue weighted by atomic mass is 9.81. The molecule has 1 amide bonds. The fraction of sp³-hybridized carbons (Fsp3) is 0.435. The van der Waals surface area contributed by atoms with Crippen molar-refractivity contribution in [1.82, 2.24) is 4.90 Å². The van der Waals surface area contributed by atoms with E-state index < -0.39 is 0 Å². The van der Waals surface area contributed by atoms with Gasteiger partial charge in [0.05, 0.1) is 25.8 Å². The van der Waals surface area contributed by atoms with Crippen LogP contribution in [0.25, 0.3) is 11.1 Å². The molecule has 0 saturated carbocycles. The molecule has 2 aromatic rings. The van der Waals surface area contributed by atoms with E-state index in [0.717, 1.165) is 35.5 Å². The Bertz CT molecular complexity index is 865. The topological polar surface area (TPSA) is 53.0 Å². The lowest BCUT2D eigenvalue weighted by molar-refractivity contribution is -0.132. The maximum Gasteiger partial charge on any atom is 0.222 e. The number of anilines is 1. The largest absolute Gasteiger partial charge is 0.497 e. The Balaban J connectivity index is 1.80. The highest BCUT2D eigenvalue weighted by Gasteiger charge is 2.47. The van der Waals surface area contributed by atoms with E-state index in [9.17, 15) is 9.90 Å². The van der Waals surface area contributed by atoms with Crippen molar-refractivity contribution < 1.29 is 14.6 Å². The molecule has 2 aromatic carbocycles. The Morgan fingerprint density at radius 1 is 1.18 bits per heavy atom. The minimum Gasteiger partial charge on any atom is -0.497 e. The van der Waals surface area contributed by atoms with Crippen LogP contribution in [0.2, 0.25) is 0 Å². The molecule has 0 aromatic heterocycles. The van der Waals surface area contributed by atoms with Gasteiger partial charge in [0.15, 0.2) is 0 Å². The van der Waals surface area contributed by atoms with Crippen LogP contribution in [0.1, 0.15) is 31.4 Å². The zero-order chi connectivity index (χ0) is 19.8. The minimum atomic E-state index is 0.0361. The van der Waals surface area contributed by atoms with Crippen molar-refractivity contribution in [3.05, 3.63) is 48.0 Å². The van der Waals surface area contributed by atoms with Crippen LogP contribution in [0, 0.1) is 5.92 Å². The number of hydrogen-bond donors (Lipinski definition) is 1. The Morgan fingerprint density at radius 3 is 2.54 bits per heavy atom. The molecule has 0 unspecified atom stereocenters. The maximum absolute atomic E-state index is 12.6. The number of aliphatic hydroxyl groups excluding tert-OH is 1. The van der Waals surface area contributed by atoms with Gasteiger partial charge in [-0.2, -0.15) is 0 Å².